The number of fused-ring (bicyclic) bond motifs is 1. The first-order chi connectivity index (χ1) is 10.8. The van der Waals surface area contributed by atoms with Crippen molar-refractivity contribution in [1.82, 2.24) is 15.1 Å². The third-order valence-corrected chi connectivity index (χ3v) is 7.11. The highest BCUT2D eigenvalue weighted by Crippen LogP contribution is 2.41. The topological polar surface area (TPSA) is 18.5 Å². The maximum absolute atomic E-state index is 3.50. The summed E-state index contributed by atoms with van der Waals surface area (Å²) in [6.45, 7) is 11.9. The Labute approximate surface area is 136 Å². The molecule has 2 unspecified atom stereocenters. The number of piperidine rings is 2. The summed E-state index contributed by atoms with van der Waals surface area (Å²) >= 11 is 0. The molecule has 0 aromatic heterocycles. The summed E-state index contributed by atoms with van der Waals surface area (Å²) in [5, 5.41) is 3.50. The molecule has 0 amide bonds. The van der Waals surface area contributed by atoms with E-state index >= 15 is 0 Å². The molecular weight excluding hydrogens is 270 g/mol. The van der Waals surface area contributed by atoms with E-state index in [-0.39, 0.29) is 0 Å². The van der Waals surface area contributed by atoms with E-state index in [4.69, 9.17) is 0 Å². The molecule has 3 heterocycles. The summed E-state index contributed by atoms with van der Waals surface area (Å²) in [4.78, 5) is 5.66. The SMILES string of the molecule is CC1CCN(C2CC3CN(CC4CCNCC4)CC3C2)CC1. The first-order valence-electron chi connectivity index (χ1n) is 9.95. The average molecular weight is 306 g/mol. The lowest BCUT2D eigenvalue weighted by molar-refractivity contribution is 0.128. The third-order valence-electron chi connectivity index (χ3n) is 7.11. The molecular formula is C19H35N3. The Morgan fingerprint density at radius 3 is 2.18 bits per heavy atom. The van der Waals surface area contributed by atoms with Crippen molar-refractivity contribution < 1.29 is 0 Å². The van der Waals surface area contributed by atoms with Crippen molar-refractivity contribution in [2.24, 2.45) is 23.7 Å². The minimum absolute atomic E-state index is 0.934. The second kappa shape index (κ2) is 6.78. The normalized spacial score (nSPS) is 39.4. The van der Waals surface area contributed by atoms with Crippen LogP contribution in [0.4, 0.5) is 0 Å². The highest BCUT2D eigenvalue weighted by atomic mass is 15.2. The molecule has 3 saturated heterocycles. The minimum atomic E-state index is 0.934. The molecule has 3 aliphatic heterocycles. The molecule has 1 N–H and O–H groups in total. The summed E-state index contributed by atoms with van der Waals surface area (Å²) in [7, 11) is 0. The number of rotatable bonds is 3. The summed E-state index contributed by atoms with van der Waals surface area (Å²) in [5.74, 6) is 3.98. The lowest BCUT2D eigenvalue weighted by atomic mass is 9.96. The van der Waals surface area contributed by atoms with E-state index in [0.717, 1.165) is 29.7 Å². The molecule has 2 atom stereocenters. The van der Waals surface area contributed by atoms with Crippen molar-refractivity contribution >= 4 is 0 Å². The van der Waals surface area contributed by atoms with Gasteiger partial charge in [-0.1, -0.05) is 6.92 Å². The van der Waals surface area contributed by atoms with E-state index in [0.29, 0.717) is 0 Å². The lowest BCUT2D eigenvalue weighted by Crippen LogP contribution is -2.41. The van der Waals surface area contributed by atoms with Gasteiger partial charge in [-0.3, -0.25) is 0 Å². The van der Waals surface area contributed by atoms with Crippen molar-refractivity contribution in [3.8, 4) is 0 Å². The first-order valence-corrected chi connectivity index (χ1v) is 9.95. The smallest absolute Gasteiger partial charge is 0.0102 e. The molecule has 3 nitrogen and oxygen atoms in total. The largest absolute Gasteiger partial charge is 0.317 e. The predicted molar refractivity (Wildman–Crippen MR) is 92.0 cm³/mol. The Hall–Kier alpha value is -0.120. The molecule has 126 valence electrons. The summed E-state index contributed by atoms with van der Waals surface area (Å²) < 4.78 is 0. The van der Waals surface area contributed by atoms with Crippen LogP contribution >= 0.6 is 0 Å². The fraction of sp³-hybridized carbons (Fsp3) is 1.00. The van der Waals surface area contributed by atoms with Crippen LogP contribution in [0.3, 0.4) is 0 Å². The fourth-order valence-corrected chi connectivity index (χ4v) is 5.64. The quantitative estimate of drug-likeness (QED) is 0.864. The standard InChI is InChI=1S/C19H35N3/c1-15-4-8-22(9-5-15)19-10-17-13-21(14-18(17)11-19)12-16-2-6-20-7-3-16/h15-20H,2-14H2,1H3. The molecule has 4 rings (SSSR count). The molecule has 0 bridgehead atoms. The van der Waals surface area contributed by atoms with Gasteiger partial charge in [-0.05, 0) is 88.4 Å². The highest BCUT2D eigenvalue weighted by Gasteiger charge is 2.43. The number of nitrogens with zero attached hydrogens (tertiary/aromatic N) is 2. The zero-order valence-corrected chi connectivity index (χ0v) is 14.5. The monoisotopic (exact) mass is 305 g/mol. The number of likely N-dealkylation sites (tertiary alicyclic amines) is 2. The second-order valence-corrected chi connectivity index (χ2v) is 8.78. The molecule has 4 fully saturated rings. The van der Waals surface area contributed by atoms with Crippen LogP contribution < -0.4 is 5.32 Å². The van der Waals surface area contributed by atoms with Gasteiger partial charge < -0.3 is 15.1 Å². The van der Waals surface area contributed by atoms with Crippen molar-refractivity contribution in [2.75, 3.05) is 45.8 Å². The fourth-order valence-electron chi connectivity index (χ4n) is 5.64. The van der Waals surface area contributed by atoms with Crippen LogP contribution in [0.25, 0.3) is 0 Å². The second-order valence-electron chi connectivity index (χ2n) is 8.78. The van der Waals surface area contributed by atoms with Crippen molar-refractivity contribution in [3.05, 3.63) is 0 Å². The molecule has 0 radical (unpaired) electrons. The molecule has 0 aromatic carbocycles. The van der Waals surface area contributed by atoms with Gasteiger partial charge in [0.25, 0.3) is 0 Å². The molecule has 0 aromatic rings. The van der Waals surface area contributed by atoms with Crippen LogP contribution in [0.2, 0.25) is 0 Å². The van der Waals surface area contributed by atoms with Gasteiger partial charge in [0.05, 0.1) is 0 Å². The average Bonchev–Trinajstić information content (AvgIpc) is 3.07. The van der Waals surface area contributed by atoms with Gasteiger partial charge in [-0.2, -0.15) is 0 Å². The zero-order chi connectivity index (χ0) is 14.9. The zero-order valence-electron chi connectivity index (χ0n) is 14.5. The number of hydrogen-bond acceptors (Lipinski definition) is 3. The molecule has 1 saturated carbocycles. The number of hydrogen-bond donors (Lipinski definition) is 1. The first kappa shape index (κ1) is 15.4. The molecule has 1 aliphatic carbocycles. The van der Waals surface area contributed by atoms with Crippen LogP contribution in [0.1, 0.15) is 45.4 Å². The maximum atomic E-state index is 3.50. The van der Waals surface area contributed by atoms with E-state index in [9.17, 15) is 0 Å². The van der Waals surface area contributed by atoms with Gasteiger partial charge in [-0.25, -0.2) is 0 Å². The Kier molecular flexibility index (Phi) is 4.75. The van der Waals surface area contributed by atoms with Gasteiger partial charge >= 0.3 is 0 Å². The van der Waals surface area contributed by atoms with Crippen molar-refractivity contribution in [3.63, 3.8) is 0 Å². The van der Waals surface area contributed by atoms with E-state index in [1.165, 1.54) is 84.3 Å². The number of nitrogens with one attached hydrogen (secondary N) is 1. The van der Waals surface area contributed by atoms with Crippen molar-refractivity contribution in [1.29, 1.82) is 0 Å². The van der Waals surface area contributed by atoms with Crippen molar-refractivity contribution in [2.45, 2.75) is 51.5 Å². The van der Waals surface area contributed by atoms with E-state index in [2.05, 4.69) is 22.0 Å². The molecule has 3 heteroatoms. The van der Waals surface area contributed by atoms with Crippen LogP contribution in [-0.4, -0.2) is 61.7 Å². The van der Waals surface area contributed by atoms with Crippen LogP contribution in [-0.2, 0) is 0 Å². The summed E-state index contributed by atoms with van der Waals surface area (Å²) in [5.41, 5.74) is 0. The van der Waals surface area contributed by atoms with E-state index in [1.807, 2.05) is 0 Å². The van der Waals surface area contributed by atoms with Gasteiger partial charge in [-0.15, -0.1) is 0 Å². The molecule has 0 spiro atoms. The molecule has 4 aliphatic rings. The summed E-state index contributed by atoms with van der Waals surface area (Å²) in [6, 6.07) is 0.934. The van der Waals surface area contributed by atoms with Gasteiger partial charge in [0.15, 0.2) is 0 Å². The van der Waals surface area contributed by atoms with Crippen LogP contribution in [0.15, 0.2) is 0 Å². The maximum Gasteiger partial charge on any atom is 0.0102 e. The Balaban J connectivity index is 1.24. The van der Waals surface area contributed by atoms with Gasteiger partial charge in [0.2, 0.25) is 0 Å². The van der Waals surface area contributed by atoms with Gasteiger partial charge in [0, 0.05) is 25.7 Å². The van der Waals surface area contributed by atoms with E-state index in [1.54, 1.807) is 0 Å². The molecule has 22 heavy (non-hydrogen) atoms. The Morgan fingerprint density at radius 2 is 1.55 bits per heavy atom. The highest BCUT2D eigenvalue weighted by molar-refractivity contribution is 4.97. The summed E-state index contributed by atoms with van der Waals surface area (Å²) in [6.07, 6.45) is 8.69. The van der Waals surface area contributed by atoms with E-state index < -0.39 is 0 Å². The Morgan fingerprint density at radius 1 is 0.909 bits per heavy atom. The van der Waals surface area contributed by atoms with Crippen LogP contribution in [0, 0.1) is 23.7 Å². The lowest BCUT2D eigenvalue weighted by Gasteiger charge is -2.36. The predicted octanol–water partition coefficient (Wildman–Crippen LogP) is 2.43. The van der Waals surface area contributed by atoms with Crippen LogP contribution in [0.5, 0.6) is 0 Å². The third kappa shape index (κ3) is 3.37. The van der Waals surface area contributed by atoms with Gasteiger partial charge in [0.1, 0.15) is 0 Å². The Bertz CT molecular complexity index is 344. The minimum Gasteiger partial charge on any atom is -0.317 e.